The third kappa shape index (κ3) is 4.38. The van der Waals surface area contributed by atoms with Crippen molar-refractivity contribution in [2.24, 2.45) is 0 Å². The number of benzene rings is 2. The van der Waals surface area contributed by atoms with Gasteiger partial charge in [0.25, 0.3) is 5.56 Å². The average Bonchev–Trinajstić information content (AvgIpc) is 3.20. The van der Waals surface area contributed by atoms with Gasteiger partial charge in [-0.1, -0.05) is 18.2 Å². The molecule has 33 heavy (non-hydrogen) atoms. The largest absolute Gasteiger partial charge is 0.416 e. The first kappa shape index (κ1) is 21.9. The van der Waals surface area contributed by atoms with Crippen LogP contribution >= 0.6 is 0 Å². The van der Waals surface area contributed by atoms with E-state index in [4.69, 9.17) is 0 Å². The molecule has 0 unspecified atom stereocenters. The van der Waals surface area contributed by atoms with Crippen LogP contribution < -0.4 is 10.9 Å². The molecule has 0 spiro atoms. The van der Waals surface area contributed by atoms with E-state index in [2.05, 4.69) is 15.4 Å². The predicted octanol–water partition coefficient (Wildman–Crippen LogP) is 3.44. The Morgan fingerprint density at radius 3 is 2.58 bits per heavy atom. The number of rotatable bonds is 5. The number of aromatic nitrogens is 4. The van der Waals surface area contributed by atoms with E-state index in [9.17, 15) is 27.6 Å². The third-order valence-corrected chi connectivity index (χ3v) is 4.87. The standard InChI is InChI=1S/C22H16F3N5O3/c1-13(31)16-7-2-3-8-18(16)28-19(32)11-29-12-26-20-17(21(29)33)10-27-30(20)15-6-4-5-14(9-15)22(23,24)25/h2-10,12H,11H2,1H3,(H,28,32). The summed E-state index contributed by atoms with van der Waals surface area (Å²) in [6.07, 6.45) is -2.23. The number of hydrogen-bond acceptors (Lipinski definition) is 5. The van der Waals surface area contributed by atoms with Gasteiger partial charge < -0.3 is 5.32 Å². The van der Waals surface area contributed by atoms with E-state index in [0.717, 1.165) is 27.7 Å². The first-order chi connectivity index (χ1) is 15.6. The fraction of sp³-hybridized carbons (Fsp3) is 0.136. The van der Waals surface area contributed by atoms with Crippen molar-refractivity contribution < 1.29 is 22.8 Å². The van der Waals surface area contributed by atoms with E-state index in [1.807, 2.05) is 0 Å². The lowest BCUT2D eigenvalue weighted by Gasteiger charge is -2.11. The van der Waals surface area contributed by atoms with Crippen molar-refractivity contribution >= 4 is 28.4 Å². The summed E-state index contributed by atoms with van der Waals surface area (Å²) in [5, 5.41) is 6.63. The maximum Gasteiger partial charge on any atom is 0.416 e. The van der Waals surface area contributed by atoms with Gasteiger partial charge in [0.1, 0.15) is 18.3 Å². The normalized spacial score (nSPS) is 11.5. The van der Waals surface area contributed by atoms with Gasteiger partial charge in [0.2, 0.25) is 5.91 Å². The molecular weight excluding hydrogens is 439 g/mol. The molecule has 4 aromatic rings. The van der Waals surface area contributed by atoms with E-state index < -0.39 is 23.2 Å². The highest BCUT2D eigenvalue weighted by Gasteiger charge is 2.30. The zero-order valence-corrected chi connectivity index (χ0v) is 17.1. The summed E-state index contributed by atoms with van der Waals surface area (Å²) in [5.41, 5.74) is -0.669. The highest BCUT2D eigenvalue weighted by molar-refractivity contribution is 6.03. The lowest BCUT2D eigenvalue weighted by atomic mass is 10.1. The Balaban J connectivity index is 1.62. The fourth-order valence-electron chi connectivity index (χ4n) is 3.31. The van der Waals surface area contributed by atoms with E-state index in [1.54, 1.807) is 24.3 Å². The van der Waals surface area contributed by atoms with Crippen molar-refractivity contribution in [2.45, 2.75) is 19.6 Å². The second kappa shape index (κ2) is 8.34. The monoisotopic (exact) mass is 455 g/mol. The molecule has 0 atom stereocenters. The minimum atomic E-state index is -4.53. The molecule has 2 aromatic carbocycles. The van der Waals surface area contributed by atoms with E-state index >= 15 is 0 Å². The molecule has 11 heteroatoms. The van der Waals surface area contributed by atoms with Crippen molar-refractivity contribution in [3.63, 3.8) is 0 Å². The molecule has 0 radical (unpaired) electrons. The van der Waals surface area contributed by atoms with Crippen LogP contribution in [-0.2, 0) is 17.5 Å². The fourth-order valence-corrected chi connectivity index (χ4v) is 3.31. The van der Waals surface area contributed by atoms with Gasteiger partial charge in [0.15, 0.2) is 11.4 Å². The van der Waals surface area contributed by atoms with Gasteiger partial charge in [0, 0.05) is 5.56 Å². The van der Waals surface area contributed by atoms with Gasteiger partial charge in [-0.2, -0.15) is 18.3 Å². The van der Waals surface area contributed by atoms with E-state index in [1.165, 1.54) is 25.3 Å². The molecule has 168 valence electrons. The number of Topliss-reactive ketones (excluding diaryl/α,β-unsaturated/α-hetero) is 1. The Kier molecular flexibility index (Phi) is 5.54. The summed E-state index contributed by atoms with van der Waals surface area (Å²) < 4.78 is 41.3. The summed E-state index contributed by atoms with van der Waals surface area (Å²) >= 11 is 0. The number of nitrogens with one attached hydrogen (secondary N) is 1. The molecule has 2 aromatic heterocycles. The number of carbonyl (C=O) groups excluding carboxylic acids is 2. The lowest BCUT2D eigenvalue weighted by molar-refractivity contribution is -0.137. The van der Waals surface area contributed by atoms with Crippen molar-refractivity contribution in [3.8, 4) is 5.69 Å². The summed E-state index contributed by atoms with van der Waals surface area (Å²) in [4.78, 5) is 41.1. The highest BCUT2D eigenvalue weighted by atomic mass is 19.4. The quantitative estimate of drug-likeness (QED) is 0.465. The Morgan fingerprint density at radius 2 is 1.85 bits per heavy atom. The smallest absolute Gasteiger partial charge is 0.324 e. The number of ketones is 1. The van der Waals surface area contributed by atoms with Crippen LogP contribution in [0.15, 0.2) is 65.8 Å². The van der Waals surface area contributed by atoms with Gasteiger partial charge in [-0.25, -0.2) is 9.67 Å². The second-order valence-electron chi connectivity index (χ2n) is 7.17. The zero-order chi connectivity index (χ0) is 23.8. The number of amides is 1. The maximum absolute atomic E-state index is 13.0. The minimum Gasteiger partial charge on any atom is -0.324 e. The van der Waals surface area contributed by atoms with Crippen LogP contribution in [0.1, 0.15) is 22.8 Å². The van der Waals surface area contributed by atoms with Crippen molar-refractivity contribution in [2.75, 3.05) is 5.32 Å². The molecule has 0 saturated carbocycles. The molecule has 1 amide bonds. The number of anilines is 1. The summed E-state index contributed by atoms with van der Waals surface area (Å²) in [6, 6.07) is 10.9. The van der Waals surface area contributed by atoms with E-state index in [-0.39, 0.29) is 29.0 Å². The molecule has 4 rings (SSSR count). The molecule has 0 aliphatic carbocycles. The molecule has 1 N–H and O–H groups in total. The summed E-state index contributed by atoms with van der Waals surface area (Å²) in [7, 11) is 0. The number of carbonyl (C=O) groups is 2. The second-order valence-corrected chi connectivity index (χ2v) is 7.17. The first-order valence-electron chi connectivity index (χ1n) is 9.66. The molecule has 0 aliphatic heterocycles. The lowest BCUT2D eigenvalue weighted by Crippen LogP contribution is -2.28. The zero-order valence-electron chi connectivity index (χ0n) is 17.1. The summed E-state index contributed by atoms with van der Waals surface area (Å²) in [5.74, 6) is -0.787. The van der Waals surface area contributed by atoms with Crippen LogP contribution in [0.2, 0.25) is 0 Å². The number of alkyl halides is 3. The number of hydrogen-bond donors (Lipinski definition) is 1. The van der Waals surface area contributed by atoms with Crippen LogP contribution in [0.3, 0.4) is 0 Å². The SMILES string of the molecule is CC(=O)c1ccccc1NC(=O)Cn1cnc2c(cnn2-c2cccc(C(F)(F)F)c2)c1=O. The van der Waals surface area contributed by atoms with Gasteiger partial charge in [-0.3, -0.25) is 19.0 Å². The number of para-hydroxylation sites is 1. The molecule has 0 saturated heterocycles. The van der Waals surface area contributed by atoms with Crippen LogP contribution in [0, 0.1) is 0 Å². The maximum atomic E-state index is 13.0. The predicted molar refractivity (Wildman–Crippen MR) is 113 cm³/mol. The Labute approximate surface area is 184 Å². The van der Waals surface area contributed by atoms with Gasteiger partial charge in [-0.05, 0) is 37.3 Å². The molecule has 0 fully saturated rings. The molecule has 8 nitrogen and oxygen atoms in total. The van der Waals surface area contributed by atoms with Gasteiger partial charge in [0.05, 0.1) is 23.1 Å². The Morgan fingerprint density at radius 1 is 1.09 bits per heavy atom. The van der Waals surface area contributed by atoms with Crippen LogP contribution in [0.25, 0.3) is 16.7 Å². The molecular formula is C22H16F3N5O3. The molecule has 0 aliphatic rings. The van der Waals surface area contributed by atoms with Crippen LogP contribution in [-0.4, -0.2) is 31.0 Å². The number of fused-ring (bicyclic) bond motifs is 1. The number of halogens is 3. The summed E-state index contributed by atoms with van der Waals surface area (Å²) in [6.45, 7) is 0.984. The molecule has 2 heterocycles. The van der Waals surface area contributed by atoms with Gasteiger partial charge in [-0.15, -0.1) is 0 Å². The van der Waals surface area contributed by atoms with E-state index in [0.29, 0.717) is 11.3 Å². The first-order valence-corrected chi connectivity index (χ1v) is 9.66. The van der Waals surface area contributed by atoms with Crippen molar-refractivity contribution in [3.05, 3.63) is 82.5 Å². The Hall–Kier alpha value is -4.28. The van der Waals surface area contributed by atoms with Crippen LogP contribution in [0.5, 0.6) is 0 Å². The van der Waals surface area contributed by atoms with Crippen molar-refractivity contribution in [1.82, 2.24) is 19.3 Å². The topological polar surface area (TPSA) is 98.9 Å². The van der Waals surface area contributed by atoms with Crippen molar-refractivity contribution in [1.29, 1.82) is 0 Å². The third-order valence-electron chi connectivity index (χ3n) is 4.87. The Bertz CT molecular complexity index is 1440. The highest BCUT2D eigenvalue weighted by Crippen LogP contribution is 2.30. The number of nitrogens with zero attached hydrogens (tertiary/aromatic N) is 4. The molecule has 0 bridgehead atoms. The van der Waals surface area contributed by atoms with Gasteiger partial charge >= 0.3 is 6.18 Å². The minimum absolute atomic E-state index is 0.0341. The van der Waals surface area contributed by atoms with Crippen LogP contribution in [0.4, 0.5) is 18.9 Å². The average molecular weight is 455 g/mol.